The van der Waals surface area contributed by atoms with Gasteiger partial charge in [-0.1, -0.05) is 12.1 Å². The van der Waals surface area contributed by atoms with E-state index in [4.69, 9.17) is 4.74 Å². The van der Waals surface area contributed by atoms with Crippen LogP contribution in [0.4, 0.5) is 14.5 Å². The topological polar surface area (TPSA) is 64.6 Å². The molecule has 1 amide bonds. The van der Waals surface area contributed by atoms with Crippen molar-refractivity contribution < 1.29 is 27.8 Å². The lowest BCUT2D eigenvalue weighted by Gasteiger charge is -2.10. The Kier molecular flexibility index (Phi) is 5.83. The molecule has 0 bridgehead atoms. The van der Waals surface area contributed by atoms with Crippen LogP contribution in [0.3, 0.4) is 0 Å². The van der Waals surface area contributed by atoms with Gasteiger partial charge in [-0.05, 0) is 29.8 Å². The Bertz CT molecular complexity index is 749. The Morgan fingerprint density at radius 1 is 1.12 bits per heavy atom. The summed E-state index contributed by atoms with van der Waals surface area (Å²) in [7, 11) is 1.17. The van der Waals surface area contributed by atoms with Crippen molar-refractivity contribution >= 4 is 17.6 Å². The van der Waals surface area contributed by atoms with Crippen molar-refractivity contribution in [2.75, 3.05) is 12.4 Å². The summed E-state index contributed by atoms with van der Waals surface area (Å²) in [6.45, 7) is 0.00270. The monoisotopic (exact) mass is 335 g/mol. The predicted molar refractivity (Wildman–Crippen MR) is 82.4 cm³/mol. The van der Waals surface area contributed by atoms with E-state index in [1.54, 1.807) is 6.07 Å². The molecule has 0 saturated heterocycles. The van der Waals surface area contributed by atoms with E-state index in [2.05, 4.69) is 10.1 Å². The van der Waals surface area contributed by atoms with E-state index in [0.29, 0.717) is 5.56 Å². The lowest BCUT2D eigenvalue weighted by atomic mass is 10.2. The van der Waals surface area contributed by atoms with Gasteiger partial charge in [-0.25, -0.2) is 8.78 Å². The van der Waals surface area contributed by atoms with E-state index >= 15 is 0 Å². The number of ether oxygens (including phenoxy) is 2. The standard InChI is InChI=1S/C17H15F2NO4/c1-23-17(22)9-16(21)20-13-5-6-15(14(19)8-13)24-10-11-3-2-4-12(18)7-11/h2-8H,9-10H2,1H3,(H,20,21). The van der Waals surface area contributed by atoms with E-state index in [1.165, 1.54) is 37.4 Å². The molecule has 0 spiro atoms. The van der Waals surface area contributed by atoms with Gasteiger partial charge >= 0.3 is 5.97 Å². The lowest BCUT2D eigenvalue weighted by Crippen LogP contribution is -2.17. The van der Waals surface area contributed by atoms with Gasteiger partial charge in [-0.15, -0.1) is 0 Å². The molecule has 0 aliphatic heterocycles. The minimum Gasteiger partial charge on any atom is -0.486 e. The second-order valence-corrected chi connectivity index (χ2v) is 4.86. The average Bonchev–Trinajstić information content (AvgIpc) is 2.54. The molecule has 2 rings (SSSR count). The highest BCUT2D eigenvalue weighted by molar-refractivity contribution is 6.01. The van der Waals surface area contributed by atoms with Gasteiger partial charge < -0.3 is 14.8 Å². The van der Waals surface area contributed by atoms with E-state index < -0.39 is 29.9 Å². The predicted octanol–water partition coefficient (Wildman–Crippen LogP) is 3.05. The number of rotatable bonds is 6. The molecule has 24 heavy (non-hydrogen) atoms. The zero-order valence-corrected chi connectivity index (χ0v) is 12.8. The zero-order chi connectivity index (χ0) is 17.5. The van der Waals surface area contributed by atoms with Gasteiger partial charge in [0.15, 0.2) is 11.6 Å². The summed E-state index contributed by atoms with van der Waals surface area (Å²) in [6, 6.07) is 9.61. The normalized spacial score (nSPS) is 10.1. The minimum atomic E-state index is -0.692. The fourth-order valence-corrected chi connectivity index (χ4v) is 1.89. The molecular weight excluding hydrogens is 320 g/mol. The van der Waals surface area contributed by atoms with Crippen LogP contribution < -0.4 is 10.1 Å². The first kappa shape index (κ1) is 17.4. The maximum atomic E-state index is 14.0. The Morgan fingerprint density at radius 2 is 1.92 bits per heavy atom. The van der Waals surface area contributed by atoms with Crippen LogP contribution in [-0.4, -0.2) is 19.0 Å². The molecule has 0 radical (unpaired) electrons. The highest BCUT2D eigenvalue weighted by Gasteiger charge is 2.11. The van der Waals surface area contributed by atoms with Gasteiger partial charge in [0.05, 0.1) is 7.11 Å². The number of methoxy groups -OCH3 is 1. The SMILES string of the molecule is COC(=O)CC(=O)Nc1ccc(OCc2cccc(F)c2)c(F)c1. The van der Waals surface area contributed by atoms with Crippen molar-refractivity contribution in [3.8, 4) is 5.75 Å². The van der Waals surface area contributed by atoms with Crippen LogP contribution in [0, 0.1) is 11.6 Å². The van der Waals surface area contributed by atoms with Crippen LogP contribution in [0.25, 0.3) is 0 Å². The summed E-state index contributed by atoms with van der Waals surface area (Å²) in [5.41, 5.74) is 0.740. The minimum absolute atomic E-state index is 0.00270. The first-order chi connectivity index (χ1) is 11.5. The molecule has 2 aromatic rings. The maximum Gasteiger partial charge on any atom is 0.315 e. The average molecular weight is 335 g/mol. The van der Waals surface area contributed by atoms with Crippen LogP contribution in [0.2, 0.25) is 0 Å². The third kappa shape index (κ3) is 5.05. The van der Waals surface area contributed by atoms with Crippen molar-refractivity contribution in [2.45, 2.75) is 13.0 Å². The number of nitrogens with one attached hydrogen (secondary N) is 1. The van der Waals surface area contributed by atoms with E-state index in [-0.39, 0.29) is 18.0 Å². The Labute approximate surface area is 137 Å². The molecule has 0 fully saturated rings. The van der Waals surface area contributed by atoms with Crippen molar-refractivity contribution in [3.05, 3.63) is 59.7 Å². The molecule has 0 unspecified atom stereocenters. The summed E-state index contributed by atoms with van der Waals surface area (Å²) in [4.78, 5) is 22.5. The second kappa shape index (κ2) is 8.05. The zero-order valence-electron chi connectivity index (χ0n) is 12.8. The van der Waals surface area contributed by atoms with E-state index in [1.807, 2.05) is 0 Å². The first-order valence-electron chi connectivity index (χ1n) is 7.01. The molecule has 0 saturated carbocycles. The number of carbonyl (C=O) groups is 2. The quantitative estimate of drug-likeness (QED) is 0.651. The van der Waals surface area contributed by atoms with Crippen LogP contribution in [0.5, 0.6) is 5.75 Å². The Morgan fingerprint density at radius 3 is 2.58 bits per heavy atom. The Balaban J connectivity index is 1.96. The van der Waals surface area contributed by atoms with Crippen LogP contribution >= 0.6 is 0 Å². The number of hydrogen-bond acceptors (Lipinski definition) is 4. The summed E-state index contributed by atoms with van der Waals surface area (Å²) >= 11 is 0. The lowest BCUT2D eigenvalue weighted by molar-refractivity contribution is -0.142. The summed E-state index contributed by atoms with van der Waals surface area (Å²) in [5.74, 6) is -2.44. The number of esters is 1. The highest BCUT2D eigenvalue weighted by atomic mass is 19.1. The van der Waals surface area contributed by atoms with Gasteiger partial charge in [0.1, 0.15) is 18.8 Å². The van der Waals surface area contributed by atoms with Gasteiger partial charge in [0, 0.05) is 11.8 Å². The molecule has 2 aromatic carbocycles. The number of amides is 1. The highest BCUT2D eigenvalue weighted by Crippen LogP contribution is 2.22. The number of halogens is 2. The number of anilines is 1. The van der Waals surface area contributed by atoms with Gasteiger partial charge in [-0.3, -0.25) is 9.59 Å². The van der Waals surface area contributed by atoms with Crippen LogP contribution in [-0.2, 0) is 20.9 Å². The third-order valence-electron chi connectivity index (χ3n) is 3.03. The maximum absolute atomic E-state index is 14.0. The van der Waals surface area contributed by atoms with Crippen molar-refractivity contribution in [1.29, 1.82) is 0 Å². The molecule has 0 aliphatic rings. The third-order valence-corrected chi connectivity index (χ3v) is 3.03. The summed E-state index contributed by atoms with van der Waals surface area (Å²) < 4.78 is 36.7. The first-order valence-corrected chi connectivity index (χ1v) is 7.01. The van der Waals surface area contributed by atoms with Crippen molar-refractivity contribution in [3.63, 3.8) is 0 Å². The molecule has 0 heterocycles. The molecule has 7 heteroatoms. The second-order valence-electron chi connectivity index (χ2n) is 4.86. The Hall–Kier alpha value is -2.96. The smallest absolute Gasteiger partial charge is 0.315 e. The number of carbonyl (C=O) groups excluding carboxylic acids is 2. The molecule has 0 aromatic heterocycles. The fourth-order valence-electron chi connectivity index (χ4n) is 1.89. The fraction of sp³-hybridized carbons (Fsp3) is 0.176. The molecule has 0 atom stereocenters. The van der Waals surface area contributed by atoms with Crippen molar-refractivity contribution in [1.82, 2.24) is 0 Å². The molecule has 126 valence electrons. The molecule has 0 aliphatic carbocycles. The van der Waals surface area contributed by atoms with Crippen LogP contribution in [0.1, 0.15) is 12.0 Å². The molecular formula is C17H15F2NO4. The van der Waals surface area contributed by atoms with Gasteiger partial charge in [-0.2, -0.15) is 0 Å². The van der Waals surface area contributed by atoms with Gasteiger partial charge in [0.25, 0.3) is 0 Å². The summed E-state index contributed by atoms with van der Waals surface area (Å²) in [5, 5.41) is 2.37. The largest absolute Gasteiger partial charge is 0.486 e. The number of benzene rings is 2. The van der Waals surface area contributed by atoms with E-state index in [9.17, 15) is 18.4 Å². The van der Waals surface area contributed by atoms with Crippen LogP contribution in [0.15, 0.2) is 42.5 Å². The van der Waals surface area contributed by atoms with Crippen molar-refractivity contribution in [2.24, 2.45) is 0 Å². The number of hydrogen-bond donors (Lipinski definition) is 1. The van der Waals surface area contributed by atoms with E-state index in [0.717, 1.165) is 6.07 Å². The summed E-state index contributed by atoms with van der Waals surface area (Å²) in [6.07, 6.45) is -0.462. The molecule has 5 nitrogen and oxygen atoms in total. The molecule has 1 N–H and O–H groups in total. The van der Waals surface area contributed by atoms with Gasteiger partial charge in [0.2, 0.25) is 5.91 Å².